The van der Waals surface area contributed by atoms with Crippen molar-refractivity contribution in [1.29, 1.82) is 0 Å². The van der Waals surface area contributed by atoms with Crippen LogP contribution in [0.1, 0.15) is 36.6 Å². The lowest BCUT2D eigenvalue weighted by Crippen LogP contribution is -2.35. The Morgan fingerprint density at radius 1 is 1.15 bits per heavy atom. The van der Waals surface area contributed by atoms with E-state index in [4.69, 9.17) is 16.3 Å². The van der Waals surface area contributed by atoms with Crippen molar-refractivity contribution < 1.29 is 19.4 Å². The molecule has 0 saturated carbocycles. The molecule has 1 fully saturated rings. The van der Waals surface area contributed by atoms with E-state index < -0.39 is 17.7 Å². The van der Waals surface area contributed by atoms with Crippen molar-refractivity contribution in [2.45, 2.75) is 26.8 Å². The van der Waals surface area contributed by atoms with Gasteiger partial charge in [-0.1, -0.05) is 37.6 Å². The van der Waals surface area contributed by atoms with Crippen LogP contribution >= 0.6 is 11.6 Å². The lowest BCUT2D eigenvalue weighted by molar-refractivity contribution is -0.140. The van der Waals surface area contributed by atoms with Crippen molar-refractivity contribution in [3.8, 4) is 5.75 Å². The zero-order valence-corrected chi connectivity index (χ0v) is 20.5. The number of aliphatic hydroxyl groups is 1. The smallest absolute Gasteiger partial charge is 0.295 e. The van der Waals surface area contributed by atoms with E-state index in [-0.39, 0.29) is 11.3 Å². The summed E-state index contributed by atoms with van der Waals surface area (Å²) in [7, 11) is 3.81. The van der Waals surface area contributed by atoms with Crippen molar-refractivity contribution in [1.82, 2.24) is 9.80 Å². The number of aryl methyl sites for hydroxylation is 1. The highest BCUT2D eigenvalue weighted by Crippen LogP contribution is 2.40. The number of nitrogens with zero attached hydrogens (tertiary/aromatic N) is 2. The van der Waals surface area contributed by atoms with Crippen LogP contribution in [0.3, 0.4) is 0 Å². The maximum absolute atomic E-state index is 13.1. The summed E-state index contributed by atoms with van der Waals surface area (Å²) in [5, 5.41) is 11.8. The molecule has 0 spiro atoms. The maximum atomic E-state index is 13.1. The van der Waals surface area contributed by atoms with E-state index in [2.05, 4.69) is 13.8 Å². The molecule has 3 rings (SSSR count). The number of carbonyl (C=O) groups is 2. The predicted molar refractivity (Wildman–Crippen MR) is 131 cm³/mol. The first-order valence-electron chi connectivity index (χ1n) is 11.0. The second-order valence-corrected chi connectivity index (χ2v) is 9.47. The van der Waals surface area contributed by atoms with E-state index in [0.29, 0.717) is 47.5 Å². The molecule has 0 aromatic heterocycles. The Bertz CT molecular complexity index is 1060. The number of ketones is 1. The Morgan fingerprint density at radius 3 is 2.39 bits per heavy atom. The van der Waals surface area contributed by atoms with Crippen LogP contribution in [0.25, 0.3) is 5.76 Å². The molecule has 0 aliphatic carbocycles. The summed E-state index contributed by atoms with van der Waals surface area (Å²) >= 11 is 6.06. The van der Waals surface area contributed by atoms with Gasteiger partial charge < -0.3 is 19.6 Å². The third-order valence-electron chi connectivity index (χ3n) is 5.55. The van der Waals surface area contributed by atoms with Crippen molar-refractivity contribution in [2.75, 3.05) is 33.8 Å². The number of likely N-dealkylation sites (N-methyl/N-ethyl adjacent to an activating group) is 1. The van der Waals surface area contributed by atoms with Gasteiger partial charge in [-0.05, 0) is 68.4 Å². The Balaban J connectivity index is 2.07. The molecule has 2 aromatic rings. The molecule has 1 aliphatic heterocycles. The Hall–Kier alpha value is -2.83. The highest BCUT2D eigenvalue weighted by Gasteiger charge is 2.46. The van der Waals surface area contributed by atoms with Crippen LogP contribution in [0.15, 0.2) is 48.0 Å². The van der Waals surface area contributed by atoms with Crippen LogP contribution in [-0.4, -0.2) is 60.4 Å². The van der Waals surface area contributed by atoms with Gasteiger partial charge in [0.1, 0.15) is 11.5 Å². The molecular weight excluding hydrogens is 440 g/mol. The maximum Gasteiger partial charge on any atom is 0.295 e. The van der Waals surface area contributed by atoms with E-state index in [9.17, 15) is 14.7 Å². The summed E-state index contributed by atoms with van der Waals surface area (Å²) in [6.07, 6.45) is 0. The first kappa shape index (κ1) is 24.8. The van der Waals surface area contributed by atoms with Gasteiger partial charge in [-0.2, -0.15) is 0 Å². The van der Waals surface area contributed by atoms with Crippen molar-refractivity contribution in [3.05, 3.63) is 69.8 Å². The highest BCUT2D eigenvalue weighted by molar-refractivity contribution is 6.46. The quantitative estimate of drug-likeness (QED) is 0.345. The fraction of sp³-hybridized carbons (Fsp3) is 0.385. The van der Waals surface area contributed by atoms with E-state index in [1.54, 1.807) is 36.4 Å². The minimum Gasteiger partial charge on any atom is -0.507 e. The number of Topliss-reactive ketones (excluding diaryl/α,β-unsaturated/α-hetero) is 1. The van der Waals surface area contributed by atoms with Gasteiger partial charge in [0, 0.05) is 23.7 Å². The minimum absolute atomic E-state index is 0.0834. The number of likely N-dealkylation sites (tertiary alicyclic amines) is 1. The van der Waals surface area contributed by atoms with Gasteiger partial charge in [0.25, 0.3) is 11.7 Å². The largest absolute Gasteiger partial charge is 0.507 e. The normalized spacial score (nSPS) is 17.9. The second-order valence-electron chi connectivity index (χ2n) is 9.03. The average molecular weight is 471 g/mol. The van der Waals surface area contributed by atoms with Gasteiger partial charge in [0.2, 0.25) is 0 Å². The standard InChI is InChI=1S/C26H31ClN2O4/c1-16(2)15-33-20-10-11-21(17(3)14-20)24(30)22-23(18-6-8-19(27)9-7-18)29(13-12-28(4)5)26(32)25(22)31/h6-11,14,16,23,30H,12-13,15H2,1-5H3/b24-22+. The molecule has 1 unspecified atom stereocenters. The van der Waals surface area contributed by atoms with Crippen molar-refractivity contribution in [3.63, 3.8) is 0 Å². The molecule has 1 heterocycles. The van der Waals surface area contributed by atoms with Crippen molar-refractivity contribution >= 4 is 29.1 Å². The third-order valence-corrected chi connectivity index (χ3v) is 5.80. The molecule has 1 aliphatic rings. The Morgan fingerprint density at radius 2 is 1.82 bits per heavy atom. The first-order valence-corrected chi connectivity index (χ1v) is 11.4. The molecule has 176 valence electrons. The lowest BCUT2D eigenvalue weighted by Gasteiger charge is -2.26. The summed E-state index contributed by atoms with van der Waals surface area (Å²) in [4.78, 5) is 29.5. The third kappa shape index (κ3) is 5.57. The number of halogens is 1. The van der Waals surface area contributed by atoms with Crippen LogP contribution in [0, 0.1) is 12.8 Å². The first-order chi connectivity index (χ1) is 15.6. The van der Waals surface area contributed by atoms with Crippen LogP contribution < -0.4 is 4.74 Å². The molecule has 0 radical (unpaired) electrons. The SMILES string of the molecule is Cc1cc(OCC(C)C)ccc1/C(O)=C1\C(=O)C(=O)N(CCN(C)C)C1c1ccc(Cl)cc1. The molecule has 7 heteroatoms. The summed E-state index contributed by atoms with van der Waals surface area (Å²) in [5.41, 5.74) is 2.05. The molecule has 1 N–H and O–H groups in total. The Kier molecular flexibility index (Phi) is 7.82. The van der Waals surface area contributed by atoms with E-state index >= 15 is 0 Å². The van der Waals surface area contributed by atoms with E-state index in [1.165, 1.54) is 4.90 Å². The van der Waals surface area contributed by atoms with Gasteiger partial charge >= 0.3 is 0 Å². The van der Waals surface area contributed by atoms with Gasteiger partial charge in [0.15, 0.2) is 0 Å². The van der Waals surface area contributed by atoms with Gasteiger partial charge in [-0.3, -0.25) is 9.59 Å². The van der Waals surface area contributed by atoms with Crippen LogP contribution in [0.2, 0.25) is 5.02 Å². The number of aliphatic hydroxyl groups excluding tert-OH is 1. The molecular formula is C26H31ClN2O4. The second kappa shape index (κ2) is 10.4. The molecule has 1 atom stereocenters. The topological polar surface area (TPSA) is 70.1 Å². The number of hydrogen-bond acceptors (Lipinski definition) is 5. The summed E-state index contributed by atoms with van der Waals surface area (Å²) < 4.78 is 5.78. The lowest BCUT2D eigenvalue weighted by atomic mass is 9.94. The number of hydrogen-bond donors (Lipinski definition) is 1. The molecule has 33 heavy (non-hydrogen) atoms. The molecule has 0 bridgehead atoms. The van der Waals surface area contributed by atoms with Gasteiger partial charge in [-0.15, -0.1) is 0 Å². The summed E-state index contributed by atoms with van der Waals surface area (Å²) in [6.45, 7) is 7.49. The highest BCUT2D eigenvalue weighted by atomic mass is 35.5. The van der Waals surface area contributed by atoms with Gasteiger partial charge in [0.05, 0.1) is 18.2 Å². The minimum atomic E-state index is -0.696. The number of ether oxygens (including phenoxy) is 1. The summed E-state index contributed by atoms with van der Waals surface area (Å²) in [5.74, 6) is -0.415. The monoisotopic (exact) mass is 470 g/mol. The molecule has 2 aromatic carbocycles. The molecule has 1 saturated heterocycles. The van der Waals surface area contributed by atoms with Crippen LogP contribution in [0.5, 0.6) is 5.75 Å². The number of benzene rings is 2. The number of rotatable bonds is 8. The average Bonchev–Trinajstić information content (AvgIpc) is 3.01. The van der Waals surface area contributed by atoms with E-state index in [0.717, 1.165) is 5.56 Å². The fourth-order valence-corrected chi connectivity index (χ4v) is 3.94. The number of amides is 1. The number of carbonyl (C=O) groups excluding carboxylic acids is 2. The van der Waals surface area contributed by atoms with E-state index in [1.807, 2.05) is 32.0 Å². The fourth-order valence-electron chi connectivity index (χ4n) is 3.81. The molecule has 6 nitrogen and oxygen atoms in total. The zero-order valence-electron chi connectivity index (χ0n) is 19.8. The summed E-state index contributed by atoms with van der Waals surface area (Å²) in [6, 6.07) is 11.6. The van der Waals surface area contributed by atoms with Crippen LogP contribution in [-0.2, 0) is 9.59 Å². The van der Waals surface area contributed by atoms with Gasteiger partial charge in [-0.25, -0.2) is 0 Å². The van der Waals surface area contributed by atoms with Crippen LogP contribution in [0.4, 0.5) is 0 Å². The Labute approximate surface area is 200 Å². The molecule has 1 amide bonds. The zero-order chi connectivity index (χ0) is 24.3. The van der Waals surface area contributed by atoms with Crippen molar-refractivity contribution in [2.24, 2.45) is 5.92 Å². The predicted octanol–water partition coefficient (Wildman–Crippen LogP) is 4.67.